The molecule has 0 spiro atoms. The normalized spacial score (nSPS) is 15.2. The SMILES string of the molecule is Cc1cccc(CS(=O)(=O)N2CCCN(C)c3ccccc32)c1. The average Bonchev–Trinajstić information content (AvgIpc) is 2.67. The summed E-state index contributed by atoms with van der Waals surface area (Å²) in [7, 11) is -1.40. The van der Waals surface area contributed by atoms with Crippen LogP contribution in [0.4, 0.5) is 11.4 Å². The summed E-state index contributed by atoms with van der Waals surface area (Å²) in [5, 5.41) is 0. The molecule has 23 heavy (non-hydrogen) atoms. The molecule has 0 radical (unpaired) electrons. The first-order valence-electron chi connectivity index (χ1n) is 7.83. The molecule has 0 fully saturated rings. The van der Waals surface area contributed by atoms with Gasteiger partial charge in [0.15, 0.2) is 0 Å². The van der Waals surface area contributed by atoms with Gasteiger partial charge in [-0.15, -0.1) is 0 Å². The van der Waals surface area contributed by atoms with Gasteiger partial charge < -0.3 is 4.90 Å². The molecule has 0 amide bonds. The van der Waals surface area contributed by atoms with E-state index < -0.39 is 10.0 Å². The van der Waals surface area contributed by atoms with Crippen LogP contribution in [0.1, 0.15) is 17.5 Å². The molecule has 0 saturated heterocycles. The maximum Gasteiger partial charge on any atom is 0.239 e. The van der Waals surface area contributed by atoms with Gasteiger partial charge in [0, 0.05) is 20.1 Å². The molecule has 2 aromatic rings. The predicted molar refractivity (Wildman–Crippen MR) is 95.5 cm³/mol. The lowest BCUT2D eigenvalue weighted by atomic mass is 10.2. The molecule has 4 nitrogen and oxygen atoms in total. The quantitative estimate of drug-likeness (QED) is 0.868. The highest BCUT2D eigenvalue weighted by atomic mass is 32.2. The van der Waals surface area contributed by atoms with E-state index in [0.717, 1.165) is 35.5 Å². The zero-order valence-electron chi connectivity index (χ0n) is 13.6. The summed E-state index contributed by atoms with van der Waals surface area (Å²) in [5.74, 6) is 0.0345. The molecule has 0 aliphatic carbocycles. The molecule has 3 rings (SSSR count). The summed E-state index contributed by atoms with van der Waals surface area (Å²) < 4.78 is 27.6. The van der Waals surface area contributed by atoms with Crippen molar-refractivity contribution in [2.45, 2.75) is 19.1 Å². The van der Waals surface area contributed by atoms with Crippen LogP contribution in [-0.4, -0.2) is 28.6 Å². The van der Waals surface area contributed by atoms with E-state index in [1.54, 1.807) is 4.31 Å². The fourth-order valence-corrected chi connectivity index (χ4v) is 4.69. The first-order valence-corrected chi connectivity index (χ1v) is 9.44. The van der Waals surface area contributed by atoms with Crippen molar-refractivity contribution in [1.82, 2.24) is 0 Å². The van der Waals surface area contributed by atoms with E-state index >= 15 is 0 Å². The molecule has 0 unspecified atom stereocenters. The summed E-state index contributed by atoms with van der Waals surface area (Å²) in [6.45, 7) is 3.36. The van der Waals surface area contributed by atoms with Crippen LogP contribution in [0.25, 0.3) is 0 Å². The van der Waals surface area contributed by atoms with Crippen LogP contribution >= 0.6 is 0 Å². The molecule has 122 valence electrons. The van der Waals surface area contributed by atoms with Gasteiger partial charge in [-0.1, -0.05) is 42.0 Å². The highest BCUT2D eigenvalue weighted by Crippen LogP contribution is 2.33. The van der Waals surface area contributed by atoms with Gasteiger partial charge in [0.05, 0.1) is 17.1 Å². The second-order valence-electron chi connectivity index (χ2n) is 6.08. The lowest BCUT2D eigenvalue weighted by Crippen LogP contribution is -2.32. The number of sulfonamides is 1. The number of para-hydroxylation sites is 2. The molecule has 0 N–H and O–H groups in total. The number of nitrogens with zero attached hydrogens (tertiary/aromatic N) is 2. The Morgan fingerprint density at radius 2 is 1.74 bits per heavy atom. The number of hydrogen-bond donors (Lipinski definition) is 0. The Bertz CT molecular complexity index is 802. The van der Waals surface area contributed by atoms with Gasteiger partial charge in [-0.25, -0.2) is 8.42 Å². The van der Waals surface area contributed by atoms with Crippen molar-refractivity contribution >= 4 is 21.4 Å². The maximum atomic E-state index is 13.0. The van der Waals surface area contributed by atoms with Crippen molar-refractivity contribution in [3.63, 3.8) is 0 Å². The minimum Gasteiger partial charge on any atom is -0.373 e. The second kappa shape index (κ2) is 6.24. The topological polar surface area (TPSA) is 40.6 Å². The van der Waals surface area contributed by atoms with Crippen LogP contribution in [0.3, 0.4) is 0 Å². The van der Waals surface area contributed by atoms with Gasteiger partial charge in [-0.05, 0) is 31.0 Å². The molecule has 0 saturated carbocycles. The van der Waals surface area contributed by atoms with Gasteiger partial charge in [-0.3, -0.25) is 4.31 Å². The monoisotopic (exact) mass is 330 g/mol. The Balaban J connectivity index is 1.97. The van der Waals surface area contributed by atoms with E-state index in [4.69, 9.17) is 0 Å². The first kappa shape index (κ1) is 15.9. The highest BCUT2D eigenvalue weighted by Gasteiger charge is 2.27. The van der Waals surface area contributed by atoms with Crippen LogP contribution in [0.5, 0.6) is 0 Å². The molecule has 1 aliphatic heterocycles. The van der Waals surface area contributed by atoms with E-state index in [0.29, 0.717) is 6.54 Å². The van der Waals surface area contributed by atoms with Crippen LogP contribution in [0.2, 0.25) is 0 Å². The van der Waals surface area contributed by atoms with Gasteiger partial charge >= 0.3 is 0 Å². The highest BCUT2D eigenvalue weighted by molar-refractivity contribution is 7.92. The molecular weight excluding hydrogens is 308 g/mol. The Morgan fingerprint density at radius 1 is 1.00 bits per heavy atom. The zero-order valence-corrected chi connectivity index (χ0v) is 14.4. The van der Waals surface area contributed by atoms with Gasteiger partial charge in [0.1, 0.15) is 0 Å². The van der Waals surface area contributed by atoms with Crippen molar-refractivity contribution in [3.8, 4) is 0 Å². The number of benzene rings is 2. The minimum atomic E-state index is -3.41. The van der Waals surface area contributed by atoms with Crippen molar-refractivity contribution in [2.24, 2.45) is 0 Å². The van der Waals surface area contributed by atoms with E-state index in [9.17, 15) is 8.42 Å². The Kier molecular flexibility index (Phi) is 4.31. The Labute approximate surface area is 138 Å². The second-order valence-corrected chi connectivity index (χ2v) is 7.97. The van der Waals surface area contributed by atoms with E-state index in [1.807, 2.05) is 62.5 Å². The van der Waals surface area contributed by atoms with E-state index in [-0.39, 0.29) is 5.75 Å². The Hall–Kier alpha value is -2.01. The average molecular weight is 330 g/mol. The molecule has 1 aliphatic rings. The number of rotatable bonds is 3. The molecule has 0 atom stereocenters. The fourth-order valence-electron chi connectivity index (χ4n) is 3.07. The zero-order chi connectivity index (χ0) is 16.4. The molecule has 2 aromatic carbocycles. The number of hydrogen-bond acceptors (Lipinski definition) is 3. The molecule has 0 aromatic heterocycles. The lowest BCUT2D eigenvalue weighted by Gasteiger charge is -2.25. The van der Waals surface area contributed by atoms with Crippen molar-refractivity contribution in [1.29, 1.82) is 0 Å². The first-order chi connectivity index (χ1) is 11.0. The summed E-state index contributed by atoms with van der Waals surface area (Å²) in [6.07, 6.45) is 0.818. The van der Waals surface area contributed by atoms with Crippen molar-refractivity contribution < 1.29 is 8.42 Å². The largest absolute Gasteiger partial charge is 0.373 e. The van der Waals surface area contributed by atoms with Crippen molar-refractivity contribution in [2.75, 3.05) is 29.3 Å². The molecular formula is C18H22N2O2S. The molecule has 1 heterocycles. The third-order valence-electron chi connectivity index (χ3n) is 4.18. The summed E-state index contributed by atoms with van der Waals surface area (Å²) in [6, 6.07) is 15.4. The van der Waals surface area contributed by atoms with Crippen molar-refractivity contribution in [3.05, 3.63) is 59.7 Å². The number of aryl methyl sites for hydroxylation is 1. The minimum absolute atomic E-state index is 0.0345. The van der Waals surface area contributed by atoms with Gasteiger partial charge in [-0.2, -0.15) is 0 Å². The van der Waals surface area contributed by atoms with Crippen LogP contribution in [0, 0.1) is 6.92 Å². The summed E-state index contributed by atoms with van der Waals surface area (Å²) >= 11 is 0. The van der Waals surface area contributed by atoms with Crippen LogP contribution in [-0.2, 0) is 15.8 Å². The fraction of sp³-hybridized carbons (Fsp3) is 0.333. The summed E-state index contributed by atoms with van der Waals surface area (Å²) in [5.41, 5.74) is 3.66. The smallest absolute Gasteiger partial charge is 0.239 e. The molecule has 5 heteroatoms. The van der Waals surface area contributed by atoms with Gasteiger partial charge in [0.2, 0.25) is 10.0 Å². The third kappa shape index (κ3) is 3.34. The van der Waals surface area contributed by atoms with E-state index in [2.05, 4.69) is 4.90 Å². The lowest BCUT2D eigenvalue weighted by molar-refractivity contribution is 0.589. The third-order valence-corrected chi connectivity index (χ3v) is 5.93. The van der Waals surface area contributed by atoms with Crippen LogP contribution < -0.4 is 9.21 Å². The Morgan fingerprint density at radius 3 is 2.48 bits per heavy atom. The maximum absolute atomic E-state index is 13.0. The molecule has 0 bridgehead atoms. The number of fused-ring (bicyclic) bond motifs is 1. The number of anilines is 2. The van der Waals surface area contributed by atoms with Gasteiger partial charge in [0.25, 0.3) is 0 Å². The standard InChI is InChI=1S/C18H22N2O2S/c1-15-7-5-8-16(13-15)14-23(21,22)20-12-6-11-19(2)17-9-3-4-10-18(17)20/h3-5,7-10,13H,6,11-12,14H2,1-2H3. The van der Waals surface area contributed by atoms with E-state index in [1.165, 1.54) is 0 Å². The summed E-state index contributed by atoms with van der Waals surface area (Å²) in [4.78, 5) is 2.12. The predicted octanol–water partition coefficient (Wildman–Crippen LogP) is 3.17. The van der Waals surface area contributed by atoms with Crippen LogP contribution in [0.15, 0.2) is 48.5 Å².